The molecule has 1 aliphatic rings. The Kier molecular flexibility index (Phi) is 4.95. The van der Waals surface area contributed by atoms with E-state index in [1.807, 2.05) is 18.3 Å². The Labute approximate surface area is 104 Å². The van der Waals surface area contributed by atoms with Gasteiger partial charge in [-0.15, -0.1) is 0 Å². The molecule has 0 spiro atoms. The molecule has 1 aliphatic heterocycles. The van der Waals surface area contributed by atoms with Gasteiger partial charge in [0.25, 0.3) is 0 Å². The zero-order chi connectivity index (χ0) is 11.9. The molecular formula is C14H23N3. The van der Waals surface area contributed by atoms with Crippen molar-refractivity contribution in [3.63, 3.8) is 0 Å². The molecule has 1 aromatic rings. The van der Waals surface area contributed by atoms with Crippen LogP contribution in [0.3, 0.4) is 0 Å². The van der Waals surface area contributed by atoms with E-state index in [-0.39, 0.29) is 0 Å². The molecule has 1 saturated heterocycles. The average Bonchev–Trinajstić information content (AvgIpc) is 2.88. The van der Waals surface area contributed by atoms with Gasteiger partial charge in [0.1, 0.15) is 0 Å². The predicted octanol–water partition coefficient (Wildman–Crippen LogP) is 2.22. The molecule has 1 atom stereocenters. The van der Waals surface area contributed by atoms with Crippen molar-refractivity contribution in [3.8, 4) is 0 Å². The van der Waals surface area contributed by atoms with Crippen molar-refractivity contribution in [2.24, 2.45) is 0 Å². The fourth-order valence-electron chi connectivity index (χ4n) is 2.36. The van der Waals surface area contributed by atoms with E-state index in [0.29, 0.717) is 6.04 Å². The van der Waals surface area contributed by atoms with Gasteiger partial charge >= 0.3 is 0 Å². The number of nitrogens with one attached hydrogen (secondary N) is 1. The number of likely N-dealkylation sites (tertiary alicyclic amines) is 1. The molecule has 2 rings (SSSR count). The fourth-order valence-corrected chi connectivity index (χ4v) is 2.36. The summed E-state index contributed by atoms with van der Waals surface area (Å²) < 4.78 is 0. The highest BCUT2D eigenvalue weighted by Gasteiger charge is 2.10. The number of aromatic nitrogens is 1. The molecule has 0 bridgehead atoms. The first kappa shape index (κ1) is 12.5. The van der Waals surface area contributed by atoms with Crippen LogP contribution in [0.15, 0.2) is 24.4 Å². The molecule has 94 valence electrons. The van der Waals surface area contributed by atoms with Crippen LogP contribution in [0.4, 0.5) is 0 Å². The molecule has 17 heavy (non-hydrogen) atoms. The molecule has 0 saturated carbocycles. The van der Waals surface area contributed by atoms with Crippen LogP contribution in [-0.4, -0.2) is 36.1 Å². The maximum atomic E-state index is 4.36. The van der Waals surface area contributed by atoms with E-state index < -0.39 is 0 Å². The van der Waals surface area contributed by atoms with E-state index in [4.69, 9.17) is 0 Å². The molecule has 1 N–H and O–H groups in total. The van der Waals surface area contributed by atoms with Gasteiger partial charge in [0, 0.05) is 12.2 Å². The van der Waals surface area contributed by atoms with Crippen molar-refractivity contribution >= 4 is 0 Å². The van der Waals surface area contributed by atoms with Gasteiger partial charge in [0.15, 0.2) is 0 Å². The maximum Gasteiger partial charge on any atom is 0.0570 e. The van der Waals surface area contributed by atoms with Crippen molar-refractivity contribution < 1.29 is 0 Å². The molecule has 0 unspecified atom stereocenters. The molecule has 0 radical (unpaired) electrons. The summed E-state index contributed by atoms with van der Waals surface area (Å²) in [6.07, 6.45) is 5.87. The SMILES string of the molecule is C[C@H](NCCCN1CCCC1)c1ccccn1. The third-order valence-electron chi connectivity index (χ3n) is 3.43. The van der Waals surface area contributed by atoms with E-state index >= 15 is 0 Å². The Morgan fingerprint density at radius 3 is 2.88 bits per heavy atom. The van der Waals surface area contributed by atoms with Gasteiger partial charge in [0.05, 0.1) is 5.69 Å². The van der Waals surface area contributed by atoms with E-state index in [0.717, 1.165) is 12.2 Å². The normalized spacial score (nSPS) is 18.4. The highest BCUT2D eigenvalue weighted by Crippen LogP contribution is 2.09. The van der Waals surface area contributed by atoms with Crippen molar-refractivity contribution in [1.82, 2.24) is 15.2 Å². The number of nitrogens with zero attached hydrogens (tertiary/aromatic N) is 2. The Bertz CT molecular complexity index is 307. The molecule has 1 fully saturated rings. The van der Waals surface area contributed by atoms with Gasteiger partial charge in [-0.2, -0.15) is 0 Å². The summed E-state index contributed by atoms with van der Waals surface area (Å²) in [5.41, 5.74) is 1.13. The van der Waals surface area contributed by atoms with Gasteiger partial charge in [0.2, 0.25) is 0 Å². The number of rotatable bonds is 6. The highest BCUT2D eigenvalue weighted by atomic mass is 15.1. The van der Waals surface area contributed by atoms with Crippen molar-refractivity contribution in [1.29, 1.82) is 0 Å². The summed E-state index contributed by atoms with van der Waals surface area (Å²) in [5, 5.41) is 3.53. The second kappa shape index (κ2) is 6.72. The largest absolute Gasteiger partial charge is 0.309 e. The molecule has 2 heterocycles. The minimum Gasteiger partial charge on any atom is -0.309 e. The topological polar surface area (TPSA) is 28.2 Å². The van der Waals surface area contributed by atoms with Crippen LogP contribution in [0.1, 0.15) is 37.9 Å². The number of hydrogen-bond acceptors (Lipinski definition) is 3. The lowest BCUT2D eigenvalue weighted by atomic mass is 10.2. The monoisotopic (exact) mass is 233 g/mol. The van der Waals surface area contributed by atoms with Crippen LogP contribution in [0.2, 0.25) is 0 Å². The summed E-state index contributed by atoms with van der Waals surface area (Å²) in [5.74, 6) is 0. The van der Waals surface area contributed by atoms with Crippen LogP contribution >= 0.6 is 0 Å². The molecule has 0 aliphatic carbocycles. The second-order valence-electron chi connectivity index (χ2n) is 4.83. The Balaban J connectivity index is 1.61. The lowest BCUT2D eigenvalue weighted by Crippen LogP contribution is -2.26. The fraction of sp³-hybridized carbons (Fsp3) is 0.643. The van der Waals surface area contributed by atoms with Crippen LogP contribution in [0.25, 0.3) is 0 Å². The van der Waals surface area contributed by atoms with Gasteiger partial charge in [-0.25, -0.2) is 0 Å². The van der Waals surface area contributed by atoms with E-state index in [1.165, 1.54) is 38.9 Å². The predicted molar refractivity (Wildman–Crippen MR) is 70.9 cm³/mol. The first-order valence-electron chi connectivity index (χ1n) is 6.73. The lowest BCUT2D eigenvalue weighted by Gasteiger charge is -2.16. The molecule has 3 nitrogen and oxygen atoms in total. The zero-order valence-electron chi connectivity index (χ0n) is 10.7. The second-order valence-corrected chi connectivity index (χ2v) is 4.83. The van der Waals surface area contributed by atoms with Gasteiger partial charge in [-0.1, -0.05) is 6.07 Å². The lowest BCUT2D eigenvalue weighted by molar-refractivity contribution is 0.328. The molecule has 1 aromatic heterocycles. The Morgan fingerprint density at radius 1 is 1.35 bits per heavy atom. The van der Waals surface area contributed by atoms with Crippen molar-refractivity contribution in [2.45, 2.75) is 32.2 Å². The standard InChI is InChI=1S/C14H23N3/c1-13(14-7-2-3-8-16-14)15-9-6-12-17-10-4-5-11-17/h2-3,7-8,13,15H,4-6,9-12H2,1H3/t13-/m0/s1. The first-order valence-corrected chi connectivity index (χ1v) is 6.73. The quantitative estimate of drug-likeness (QED) is 0.764. The molecule has 0 aromatic carbocycles. The van der Waals surface area contributed by atoms with E-state index in [9.17, 15) is 0 Å². The van der Waals surface area contributed by atoms with E-state index in [1.54, 1.807) is 0 Å². The highest BCUT2D eigenvalue weighted by molar-refractivity contribution is 5.07. The van der Waals surface area contributed by atoms with Crippen LogP contribution < -0.4 is 5.32 Å². The Hall–Kier alpha value is -0.930. The van der Waals surface area contributed by atoms with Crippen molar-refractivity contribution in [3.05, 3.63) is 30.1 Å². The Morgan fingerprint density at radius 2 is 2.18 bits per heavy atom. The van der Waals surface area contributed by atoms with Crippen molar-refractivity contribution in [2.75, 3.05) is 26.2 Å². The number of pyridine rings is 1. The zero-order valence-corrected chi connectivity index (χ0v) is 10.7. The summed E-state index contributed by atoms with van der Waals surface area (Å²) in [6, 6.07) is 6.45. The summed E-state index contributed by atoms with van der Waals surface area (Å²) >= 11 is 0. The summed E-state index contributed by atoms with van der Waals surface area (Å²) in [7, 11) is 0. The first-order chi connectivity index (χ1) is 8.36. The smallest absolute Gasteiger partial charge is 0.0570 e. The minimum absolute atomic E-state index is 0.356. The summed E-state index contributed by atoms with van der Waals surface area (Å²) in [4.78, 5) is 6.92. The molecule has 0 amide bonds. The minimum atomic E-state index is 0.356. The van der Waals surface area contributed by atoms with Gasteiger partial charge in [-0.05, 0) is 64.5 Å². The third-order valence-corrected chi connectivity index (χ3v) is 3.43. The third kappa shape index (κ3) is 4.10. The molecular weight excluding hydrogens is 210 g/mol. The number of hydrogen-bond donors (Lipinski definition) is 1. The average molecular weight is 233 g/mol. The van der Waals surface area contributed by atoms with Gasteiger partial charge < -0.3 is 10.2 Å². The summed E-state index contributed by atoms with van der Waals surface area (Å²) in [6.45, 7) is 7.10. The molecule has 3 heteroatoms. The maximum absolute atomic E-state index is 4.36. The van der Waals surface area contributed by atoms with E-state index in [2.05, 4.69) is 28.2 Å². The van der Waals surface area contributed by atoms with Crippen LogP contribution in [0.5, 0.6) is 0 Å². The van der Waals surface area contributed by atoms with Crippen LogP contribution in [-0.2, 0) is 0 Å². The van der Waals surface area contributed by atoms with Crippen LogP contribution in [0, 0.1) is 0 Å². The van der Waals surface area contributed by atoms with Gasteiger partial charge in [-0.3, -0.25) is 4.98 Å².